The van der Waals surface area contributed by atoms with E-state index in [-0.39, 0.29) is 18.7 Å². The molecule has 3 aromatic rings. The number of nitrogens with one attached hydrogen (secondary N) is 3. The van der Waals surface area contributed by atoms with Crippen molar-refractivity contribution in [2.45, 2.75) is 26.0 Å². The van der Waals surface area contributed by atoms with E-state index in [1.807, 2.05) is 30.3 Å². The molecule has 170 valence electrons. The zero-order valence-corrected chi connectivity index (χ0v) is 17.7. The number of nitro groups is 1. The normalized spacial score (nSPS) is 11.7. The Bertz CT molecular complexity index is 1130. The smallest absolute Gasteiger partial charge is 0.408 e. The molecule has 1 atom stereocenters. The number of aromatic amines is 1. The van der Waals surface area contributed by atoms with E-state index in [1.165, 1.54) is 24.8 Å². The van der Waals surface area contributed by atoms with Crippen LogP contribution in [0.15, 0.2) is 66.2 Å². The number of nitro benzene ring substituents is 1. The molecule has 11 heteroatoms. The van der Waals surface area contributed by atoms with Gasteiger partial charge in [0.2, 0.25) is 0 Å². The molecule has 0 aliphatic rings. The third-order valence-electron chi connectivity index (χ3n) is 4.62. The van der Waals surface area contributed by atoms with E-state index in [9.17, 15) is 19.7 Å². The molecule has 1 aromatic heterocycles. The molecule has 1 heterocycles. The van der Waals surface area contributed by atoms with Crippen LogP contribution in [-0.2, 0) is 22.6 Å². The maximum Gasteiger partial charge on any atom is 0.408 e. The van der Waals surface area contributed by atoms with E-state index in [2.05, 4.69) is 25.8 Å². The number of hydrogen-bond acceptors (Lipinski definition) is 7. The lowest BCUT2D eigenvalue weighted by atomic mass is 10.1. The SMILES string of the molecule is Cc1ccc(/C=N\NC(=O)[C@H](Cc2cnc[nH]2)NC(=O)OCc2ccccc2)cc1[N+](=O)[O-]. The number of hydrogen-bond donors (Lipinski definition) is 3. The van der Waals surface area contributed by atoms with Gasteiger partial charge in [0.15, 0.2) is 0 Å². The number of nitrogens with zero attached hydrogens (tertiary/aromatic N) is 3. The third-order valence-corrected chi connectivity index (χ3v) is 4.62. The summed E-state index contributed by atoms with van der Waals surface area (Å²) in [7, 11) is 0. The van der Waals surface area contributed by atoms with Crippen molar-refractivity contribution in [2.24, 2.45) is 5.10 Å². The second-order valence-corrected chi connectivity index (χ2v) is 7.08. The molecule has 0 radical (unpaired) electrons. The number of rotatable bonds is 9. The maximum absolute atomic E-state index is 12.7. The number of carbonyl (C=O) groups excluding carboxylic acids is 2. The first-order valence-corrected chi connectivity index (χ1v) is 9.95. The van der Waals surface area contributed by atoms with Gasteiger partial charge in [-0.05, 0) is 12.5 Å². The van der Waals surface area contributed by atoms with E-state index in [0.717, 1.165) is 5.56 Å². The van der Waals surface area contributed by atoms with Crippen LogP contribution in [0.1, 0.15) is 22.4 Å². The summed E-state index contributed by atoms with van der Waals surface area (Å²) in [6.45, 7) is 1.68. The average Bonchev–Trinajstić information content (AvgIpc) is 3.32. The van der Waals surface area contributed by atoms with Crippen molar-refractivity contribution < 1.29 is 19.2 Å². The third kappa shape index (κ3) is 6.99. The second-order valence-electron chi connectivity index (χ2n) is 7.08. The molecular formula is C22H22N6O5. The largest absolute Gasteiger partial charge is 0.445 e. The molecule has 0 fully saturated rings. The minimum absolute atomic E-state index is 0.0507. The molecule has 0 saturated heterocycles. The highest BCUT2D eigenvalue weighted by molar-refractivity contribution is 5.87. The summed E-state index contributed by atoms with van der Waals surface area (Å²) in [5.41, 5.74) is 4.67. The van der Waals surface area contributed by atoms with Crippen LogP contribution < -0.4 is 10.7 Å². The number of hydrazone groups is 1. The van der Waals surface area contributed by atoms with Crippen LogP contribution in [0.2, 0.25) is 0 Å². The Morgan fingerprint density at radius 1 is 1.27 bits per heavy atom. The van der Waals surface area contributed by atoms with Crippen molar-refractivity contribution >= 4 is 23.9 Å². The maximum atomic E-state index is 12.7. The summed E-state index contributed by atoms with van der Waals surface area (Å²) < 4.78 is 5.19. The number of ether oxygens (including phenoxy) is 1. The molecule has 2 amide bonds. The van der Waals surface area contributed by atoms with Gasteiger partial charge in [-0.2, -0.15) is 5.10 Å². The van der Waals surface area contributed by atoms with E-state index < -0.39 is 23.0 Å². The Labute approximate surface area is 189 Å². The molecule has 2 aromatic carbocycles. The summed E-state index contributed by atoms with van der Waals surface area (Å²) in [5.74, 6) is -0.598. The number of benzene rings is 2. The number of H-pyrrole nitrogens is 1. The fourth-order valence-corrected chi connectivity index (χ4v) is 2.88. The standard InChI is InChI=1S/C22H22N6O5/c1-15-7-8-17(9-20(15)28(31)32)11-25-27-21(29)19(10-18-12-23-14-24-18)26-22(30)33-13-16-5-3-2-4-6-16/h2-9,11-12,14,19H,10,13H2,1H3,(H,23,24)(H,26,30)(H,27,29)/b25-11-/t19-/m0/s1. The number of aromatic nitrogens is 2. The Morgan fingerprint density at radius 3 is 2.76 bits per heavy atom. The van der Waals surface area contributed by atoms with Crippen LogP contribution in [0.25, 0.3) is 0 Å². The van der Waals surface area contributed by atoms with Crippen LogP contribution in [-0.4, -0.2) is 39.1 Å². The summed E-state index contributed by atoms with van der Waals surface area (Å²) in [6.07, 6.45) is 3.63. The van der Waals surface area contributed by atoms with Gasteiger partial charge >= 0.3 is 6.09 Å². The fraction of sp³-hybridized carbons (Fsp3) is 0.182. The topological polar surface area (TPSA) is 152 Å². The summed E-state index contributed by atoms with van der Waals surface area (Å²) >= 11 is 0. The van der Waals surface area contributed by atoms with E-state index in [0.29, 0.717) is 16.8 Å². The van der Waals surface area contributed by atoms with Gasteiger partial charge in [-0.3, -0.25) is 14.9 Å². The molecule has 0 aliphatic heterocycles. The van der Waals surface area contributed by atoms with Gasteiger partial charge in [-0.1, -0.05) is 42.5 Å². The summed E-state index contributed by atoms with van der Waals surface area (Å²) in [5, 5.41) is 17.5. The number of aryl methyl sites for hydroxylation is 1. The number of carbonyl (C=O) groups is 2. The molecule has 0 spiro atoms. The predicted molar refractivity (Wildman–Crippen MR) is 119 cm³/mol. The Balaban J connectivity index is 1.62. The highest BCUT2D eigenvalue weighted by atomic mass is 16.6. The Morgan fingerprint density at radius 2 is 2.06 bits per heavy atom. The minimum atomic E-state index is -1.00. The molecule has 0 unspecified atom stereocenters. The van der Waals surface area contributed by atoms with Crippen molar-refractivity contribution in [1.82, 2.24) is 20.7 Å². The lowest BCUT2D eigenvalue weighted by Crippen LogP contribution is -2.47. The molecule has 11 nitrogen and oxygen atoms in total. The number of imidazole rings is 1. The molecular weight excluding hydrogens is 428 g/mol. The second kappa shape index (κ2) is 11.2. The molecule has 0 bridgehead atoms. The van der Waals surface area contributed by atoms with Crippen molar-refractivity contribution in [3.8, 4) is 0 Å². The molecule has 0 saturated carbocycles. The van der Waals surface area contributed by atoms with Crippen molar-refractivity contribution in [3.05, 3.63) is 93.6 Å². The average molecular weight is 450 g/mol. The van der Waals surface area contributed by atoms with Crippen LogP contribution in [0, 0.1) is 17.0 Å². The van der Waals surface area contributed by atoms with E-state index in [1.54, 1.807) is 19.1 Å². The van der Waals surface area contributed by atoms with Gasteiger partial charge < -0.3 is 15.0 Å². The predicted octanol–water partition coefficient (Wildman–Crippen LogP) is 2.61. The molecule has 3 N–H and O–H groups in total. The highest BCUT2D eigenvalue weighted by Gasteiger charge is 2.22. The van der Waals surface area contributed by atoms with Crippen LogP contribution in [0.3, 0.4) is 0 Å². The monoisotopic (exact) mass is 450 g/mol. The minimum Gasteiger partial charge on any atom is -0.445 e. The van der Waals surface area contributed by atoms with Crippen LogP contribution >= 0.6 is 0 Å². The van der Waals surface area contributed by atoms with Gasteiger partial charge in [0.25, 0.3) is 11.6 Å². The fourth-order valence-electron chi connectivity index (χ4n) is 2.88. The summed E-state index contributed by atoms with van der Waals surface area (Å²) in [6, 6.07) is 12.7. The van der Waals surface area contributed by atoms with Crippen molar-refractivity contribution in [3.63, 3.8) is 0 Å². The lowest BCUT2D eigenvalue weighted by molar-refractivity contribution is -0.385. The van der Waals surface area contributed by atoms with Gasteiger partial charge in [-0.15, -0.1) is 0 Å². The van der Waals surface area contributed by atoms with Gasteiger partial charge in [0.05, 0.1) is 17.5 Å². The van der Waals surface area contributed by atoms with Gasteiger partial charge in [0.1, 0.15) is 12.6 Å². The first-order chi connectivity index (χ1) is 15.9. The van der Waals surface area contributed by atoms with Gasteiger partial charge in [-0.25, -0.2) is 15.2 Å². The first-order valence-electron chi connectivity index (χ1n) is 9.95. The molecule has 3 rings (SSSR count). The van der Waals surface area contributed by atoms with Crippen molar-refractivity contribution in [2.75, 3.05) is 0 Å². The first kappa shape index (κ1) is 23.1. The Hall–Kier alpha value is -4.54. The van der Waals surface area contributed by atoms with Crippen LogP contribution in [0.4, 0.5) is 10.5 Å². The lowest BCUT2D eigenvalue weighted by Gasteiger charge is -2.16. The number of alkyl carbamates (subject to hydrolysis) is 1. The summed E-state index contributed by atoms with van der Waals surface area (Å²) in [4.78, 5) is 42.3. The molecule has 0 aliphatic carbocycles. The number of amides is 2. The quantitative estimate of drug-likeness (QED) is 0.259. The molecule has 33 heavy (non-hydrogen) atoms. The van der Waals surface area contributed by atoms with Crippen molar-refractivity contribution in [1.29, 1.82) is 0 Å². The highest BCUT2D eigenvalue weighted by Crippen LogP contribution is 2.18. The zero-order chi connectivity index (χ0) is 23.6. The zero-order valence-electron chi connectivity index (χ0n) is 17.7. The van der Waals surface area contributed by atoms with E-state index in [4.69, 9.17) is 4.74 Å². The Kier molecular flexibility index (Phi) is 7.84. The van der Waals surface area contributed by atoms with Gasteiger partial charge in [0, 0.05) is 35.5 Å². The van der Waals surface area contributed by atoms with Crippen LogP contribution in [0.5, 0.6) is 0 Å². The van der Waals surface area contributed by atoms with E-state index >= 15 is 0 Å².